The fraction of sp³-hybridized carbons (Fsp3) is 0.455. The van der Waals surface area contributed by atoms with Crippen LogP contribution < -0.4 is 9.47 Å². The Hall–Kier alpha value is -1.26. The van der Waals surface area contributed by atoms with Gasteiger partial charge in [0.1, 0.15) is 9.32 Å². The van der Waals surface area contributed by atoms with E-state index >= 15 is 0 Å². The maximum Gasteiger partial charge on any atom is 0.573 e. The molecule has 1 aromatic heterocycles. The summed E-state index contributed by atoms with van der Waals surface area (Å²) in [6.45, 7) is 1.80. The molecule has 0 radical (unpaired) electrons. The van der Waals surface area contributed by atoms with Crippen LogP contribution in [0.4, 0.5) is 13.2 Å². The number of alkyl halides is 3. The van der Waals surface area contributed by atoms with Gasteiger partial charge >= 0.3 is 12.3 Å². The van der Waals surface area contributed by atoms with Crippen LogP contribution in [-0.2, 0) is 16.0 Å². The highest BCUT2D eigenvalue weighted by atomic mass is 127. The van der Waals surface area contributed by atoms with Crippen molar-refractivity contribution in [1.29, 1.82) is 0 Å². The number of hydrogen-bond donors (Lipinski definition) is 0. The number of nitrogens with zero attached hydrogens (tertiary/aromatic N) is 1. The molecule has 0 N–H and O–H groups in total. The van der Waals surface area contributed by atoms with Crippen LogP contribution in [0.15, 0.2) is 6.07 Å². The molecule has 0 aliphatic rings. The maximum atomic E-state index is 12.3. The predicted octanol–water partition coefficient (Wildman–Crippen LogP) is 2.70. The number of hydrogen-bond acceptors (Lipinski definition) is 5. The van der Waals surface area contributed by atoms with Gasteiger partial charge in [-0.05, 0) is 29.5 Å². The summed E-state index contributed by atoms with van der Waals surface area (Å²) in [4.78, 5) is 15.3. The second-order valence-corrected chi connectivity index (χ2v) is 4.54. The minimum atomic E-state index is -4.84. The number of carbonyl (C=O) groups is 1. The largest absolute Gasteiger partial charge is 0.573 e. The predicted molar refractivity (Wildman–Crippen MR) is 70.5 cm³/mol. The number of ether oxygens (including phenoxy) is 3. The van der Waals surface area contributed by atoms with Crippen molar-refractivity contribution in [3.8, 4) is 11.6 Å². The molecule has 112 valence electrons. The zero-order valence-electron chi connectivity index (χ0n) is 10.6. The van der Waals surface area contributed by atoms with Crippen LogP contribution >= 0.6 is 22.6 Å². The smallest absolute Gasteiger partial charge is 0.480 e. The average Bonchev–Trinajstić information content (AvgIpc) is 2.31. The summed E-state index contributed by atoms with van der Waals surface area (Å²) in [6, 6.07) is 1.04. The minimum Gasteiger partial charge on any atom is -0.480 e. The summed E-state index contributed by atoms with van der Waals surface area (Å²) in [5.41, 5.74) is 0.0694. The van der Waals surface area contributed by atoms with Gasteiger partial charge in [0.2, 0.25) is 5.88 Å². The molecule has 9 heteroatoms. The van der Waals surface area contributed by atoms with E-state index in [1.807, 2.05) is 0 Å². The molecule has 0 bridgehead atoms. The van der Waals surface area contributed by atoms with Crippen LogP contribution in [0.1, 0.15) is 12.6 Å². The fourth-order valence-corrected chi connectivity index (χ4v) is 1.92. The van der Waals surface area contributed by atoms with Crippen LogP contribution in [0.5, 0.6) is 11.6 Å². The molecule has 0 saturated carbocycles. The molecule has 0 atom stereocenters. The normalized spacial score (nSPS) is 11.1. The lowest BCUT2D eigenvalue weighted by atomic mass is 10.2. The Kier molecular flexibility index (Phi) is 5.84. The fourth-order valence-electron chi connectivity index (χ4n) is 1.32. The average molecular weight is 405 g/mol. The first-order valence-corrected chi connectivity index (χ1v) is 6.49. The number of esters is 1. The van der Waals surface area contributed by atoms with Crippen LogP contribution in [0.3, 0.4) is 0 Å². The van der Waals surface area contributed by atoms with Crippen molar-refractivity contribution < 1.29 is 32.2 Å². The highest BCUT2D eigenvalue weighted by molar-refractivity contribution is 14.1. The van der Waals surface area contributed by atoms with Gasteiger partial charge in [0.15, 0.2) is 0 Å². The zero-order chi connectivity index (χ0) is 15.3. The van der Waals surface area contributed by atoms with E-state index in [4.69, 9.17) is 9.47 Å². The van der Waals surface area contributed by atoms with Crippen molar-refractivity contribution in [3.05, 3.63) is 15.3 Å². The molecule has 1 heterocycles. The first-order valence-electron chi connectivity index (χ1n) is 5.41. The van der Waals surface area contributed by atoms with Gasteiger partial charge in [0.25, 0.3) is 0 Å². The molecule has 0 aliphatic carbocycles. The number of methoxy groups -OCH3 is 1. The first kappa shape index (κ1) is 16.8. The van der Waals surface area contributed by atoms with Crippen LogP contribution in [0.2, 0.25) is 0 Å². The highest BCUT2D eigenvalue weighted by Crippen LogP contribution is 2.33. The summed E-state index contributed by atoms with van der Waals surface area (Å²) in [5, 5.41) is 0. The van der Waals surface area contributed by atoms with Gasteiger partial charge < -0.3 is 14.2 Å². The molecular weight excluding hydrogens is 394 g/mol. The Morgan fingerprint density at radius 2 is 2.10 bits per heavy atom. The monoisotopic (exact) mass is 405 g/mol. The van der Waals surface area contributed by atoms with E-state index in [1.54, 1.807) is 29.5 Å². The third-order valence-electron chi connectivity index (χ3n) is 2.00. The molecule has 0 saturated heterocycles. The number of rotatable bonds is 5. The Bertz CT molecular complexity index is 493. The van der Waals surface area contributed by atoms with Crippen molar-refractivity contribution in [2.75, 3.05) is 13.7 Å². The molecule has 5 nitrogen and oxygen atoms in total. The lowest BCUT2D eigenvalue weighted by Gasteiger charge is -2.13. The van der Waals surface area contributed by atoms with Gasteiger partial charge in [-0.25, -0.2) is 4.98 Å². The number of pyridine rings is 1. The van der Waals surface area contributed by atoms with E-state index in [9.17, 15) is 18.0 Å². The molecule has 0 aliphatic heterocycles. The topological polar surface area (TPSA) is 57.7 Å². The van der Waals surface area contributed by atoms with Gasteiger partial charge in [0.05, 0.1) is 25.8 Å². The second-order valence-electron chi connectivity index (χ2n) is 3.46. The Morgan fingerprint density at radius 1 is 1.45 bits per heavy atom. The van der Waals surface area contributed by atoms with E-state index in [2.05, 4.69) is 9.72 Å². The second kappa shape index (κ2) is 6.95. The van der Waals surface area contributed by atoms with Crippen LogP contribution in [0, 0.1) is 3.57 Å². The van der Waals surface area contributed by atoms with Crippen LogP contribution in [0.25, 0.3) is 0 Å². The molecule has 1 rings (SSSR count). The van der Waals surface area contributed by atoms with Gasteiger partial charge in [-0.15, -0.1) is 13.2 Å². The maximum absolute atomic E-state index is 12.3. The molecular formula is C11H11F3INO4. The summed E-state index contributed by atoms with van der Waals surface area (Å²) >= 11 is 1.62. The SMILES string of the molecule is CCOC(=O)Cc1cc(OC(F)(F)F)c(I)c(OC)n1. The number of aromatic nitrogens is 1. The molecule has 0 amide bonds. The summed E-state index contributed by atoms with van der Waals surface area (Å²) in [5.74, 6) is -1.11. The van der Waals surface area contributed by atoms with E-state index in [0.29, 0.717) is 0 Å². The van der Waals surface area contributed by atoms with E-state index < -0.39 is 18.1 Å². The third kappa shape index (κ3) is 5.02. The number of halogens is 4. The Labute approximate surface area is 126 Å². The first-order chi connectivity index (χ1) is 9.26. The van der Waals surface area contributed by atoms with Gasteiger partial charge in [-0.3, -0.25) is 4.79 Å². The van der Waals surface area contributed by atoms with Crippen molar-refractivity contribution >= 4 is 28.6 Å². The Balaban J connectivity index is 3.08. The van der Waals surface area contributed by atoms with Crippen molar-refractivity contribution in [2.45, 2.75) is 19.7 Å². The van der Waals surface area contributed by atoms with Gasteiger partial charge in [-0.2, -0.15) is 0 Å². The summed E-state index contributed by atoms with van der Waals surface area (Å²) < 4.78 is 50.4. The minimum absolute atomic E-state index is 0.0494. The third-order valence-corrected chi connectivity index (χ3v) is 2.99. The van der Waals surface area contributed by atoms with E-state index in [-0.39, 0.29) is 28.2 Å². The molecule has 0 unspecified atom stereocenters. The van der Waals surface area contributed by atoms with Gasteiger partial charge in [-0.1, -0.05) is 0 Å². The molecule has 0 fully saturated rings. The standard InChI is InChI=1S/C11H11F3INO4/c1-3-19-8(17)5-6-4-7(20-11(12,13)14)9(15)10(16-6)18-2/h4H,3,5H2,1-2H3. The van der Waals surface area contributed by atoms with Crippen LogP contribution in [-0.4, -0.2) is 31.0 Å². The van der Waals surface area contributed by atoms with Crippen molar-refractivity contribution in [2.24, 2.45) is 0 Å². The molecule has 20 heavy (non-hydrogen) atoms. The highest BCUT2D eigenvalue weighted by Gasteiger charge is 2.33. The molecule has 0 spiro atoms. The molecule has 0 aromatic carbocycles. The Morgan fingerprint density at radius 3 is 2.60 bits per heavy atom. The van der Waals surface area contributed by atoms with Gasteiger partial charge in [0, 0.05) is 6.07 Å². The lowest BCUT2D eigenvalue weighted by Crippen LogP contribution is -2.19. The van der Waals surface area contributed by atoms with E-state index in [0.717, 1.165) is 6.07 Å². The number of carbonyl (C=O) groups excluding carboxylic acids is 1. The zero-order valence-corrected chi connectivity index (χ0v) is 12.7. The summed E-state index contributed by atoms with van der Waals surface area (Å²) in [7, 11) is 1.26. The quantitative estimate of drug-likeness (QED) is 0.557. The van der Waals surface area contributed by atoms with Crippen molar-refractivity contribution in [3.63, 3.8) is 0 Å². The summed E-state index contributed by atoms with van der Waals surface area (Å²) in [6.07, 6.45) is -5.11. The van der Waals surface area contributed by atoms with Crippen molar-refractivity contribution in [1.82, 2.24) is 4.98 Å². The lowest BCUT2D eigenvalue weighted by molar-refractivity contribution is -0.275. The van der Waals surface area contributed by atoms with E-state index in [1.165, 1.54) is 7.11 Å². The molecule has 1 aromatic rings.